The summed E-state index contributed by atoms with van der Waals surface area (Å²) >= 11 is 0. The van der Waals surface area contributed by atoms with Crippen LogP contribution in [0.2, 0.25) is 0 Å². The van der Waals surface area contributed by atoms with Gasteiger partial charge in [-0.3, -0.25) is 29.2 Å². The van der Waals surface area contributed by atoms with E-state index in [-0.39, 0.29) is 37.2 Å². The quantitative estimate of drug-likeness (QED) is 0.214. The fraction of sp³-hybridized carbons (Fsp3) is 0.238. The van der Waals surface area contributed by atoms with Crippen molar-refractivity contribution in [2.24, 2.45) is 0 Å². The maximum absolute atomic E-state index is 12.4. The number of carbonyl (C=O) groups excluding carboxylic acids is 2. The molecule has 164 valence electrons. The van der Waals surface area contributed by atoms with Crippen molar-refractivity contribution in [1.82, 2.24) is 4.57 Å². The van der Waals surface area contributed by atoms with E-state index in [1.54, 1.807) is 30.3 Å². The Morgan fingerprint density at radius 3 is 2.66 bits per heavy atom. The Hall–Kier alpha value is -4.46. The summed E-state index contributed by atoms with van der Waals surface area (Å²) < 4.78 is 11.3. The summed E-state index contributed by atoms with van der Waals surface area (Å²) in [4.78, 5) is 47.8. The third-order valence-electron chi connectivity index (χ3n) is 4.58. The molecular formula is C21H18N4O7. The second-order valence-electron chi connectivity index (χ2n) is 6.67. The minimum absolute atomic E-state index is 0.0665. The number of benzene rings is 2. The highest BCUT2D eigenvalue weighted by atomic mass is 16.6. The van der Waals surface area contributed by atoms with Crippen molar-refractivity contribution in [2.45, 2.75) is 19.4 Å². The number of ether oxygens (including phenoxy) is 1. The molecule has 0 unspecified atom stereocenters. The summed E-state index contributed by atoms with van der Waals surface area (Å²) in [6.07, 6.45) is 0.155. The zero-order chi connectivity index (χ0) is 23.1. The van der Waals surface area contributed by atoms with Gasteiger partial charge < -0.3 is 9.15 Å². The van der Waals surface area contributed by atoms with Gasteiger partial charge in [-0.15, -0.1) is 0 Å². The third kappa shape index (κ3) is 5.17. The molecule has 0 aliphatic rings. The molecule has 1 heterocycles. The lowest BCUT2D eigenvalue weighted by Gasteiger charge is -2.19. The molecule has 2 aromatic carbocycles. The number of aryl methyl sites for hydroxylation is 1. The summed E-state index contributed by atoms with van der Waals surface area (Å²) in [7, 11) is 0. The van der Waals surface area contributed by atoms with Crippen LogP contribution in [0.5, 0.6) is 0 Å². The maximum atomic E-state index is 12.4. The molecule has 0 atom stereocenters. The van der Waals surface area contributed by atoms with E-state index >= 15 is 0 Å². The van der Waals surface area contributed by atoms with E-state index in [2.05, 4.69) is 0 Å². The van der Waals surface area contributed by atoms with Gasteiger partial charge in [0.15, 0.2) is 12.2 Å². The summed E-state index contributed by atoms with van der Waals surface area (Å²) in [5.74, 6) is -1.87. The molecule has 0 spiro atoms. The Labute approximate surface area is 181 Å². The molecule has 32 heavy (non-hydrogen) atoms. The molecule has 1 amide bonds. The van der Waals surface area contributed by atoms with Crippen LogP contribution in [0, 0.1) is 21.4 Å². The lowest BCUT2D eigenvalue weighted by atomic mass is 10.2. The monoisotopic (exact) mass is 438 g/mol. The SMILES string of the molecule is N#CCN(C(=O)COC(=O)CCCn1c(=O)oc2cc([N+](=O)[O-])ccc21)c1ccccc1. The molecule has 1 aromatic heterocycles. The van der Waals surface area contributed by atoms with Crippen LogP contribution in [-0.2, 0) is 20.9 Å². The number of para-hydroxylation sites is 1. The standard InChI is InChI=1S/C21H18N4O7/c22-10-12-23(15-5-2-1-3-6-15)19(26)14-31-20(27)7-4-11-24-17-9-8-16(25(29)30)13-18(17)32-21(24)28/h1-3,5-6,8-9,13H,4,7,11-12,14H2. The van der Waals surface area contributed by atoms with Gasteiger partial charge in [0.05, 0.1) is 22.6 Å². The number of anilines is 1. The van der Waals surface area contributed by atoms with Crippen LogP contribution in [-0.4, -0.2) is 34.5 Å². The van der Waals surface area contributed by atoms with E-state index in [0.29, 0.717) is 11.2 Å². The Bertz CT molecular complexity index is 1240. The van der Waals surface area contributed by atoms with Gasteiger partial charge in [-0.1, -0.05) is 18.2 Å². The molecule has 0 saturated carbocycles. The molecule has 11 nitrogen and oxygen atoms in total. The number of fused-ring (bicyclic) bond motifs is 1. The molecule has 0 radical (unpaired) electrons. The fourth-order valence-electron chi connectivity index (χ4n) is 3.06. The molecular weight excluding hydrogens is 420 g/mol. The van der Waals surface area contributed by atoms with Crippen molar-refractivity contribution in [1.29, 1.82) is 5.26 Å². The largest absolute Gasteiger partial charge is 0.456 e. The molecule has 11 heteroatoms. The predicted octanol–water partition coefficient (Wildman–Crippen LogP) is 2.38. The van der Waals surface area contributed by atoms with Crippen molar-refractivity contribution in [2.75, 3.05) is 18.1 Å². The van der Waals surface area contributed by atoms with Crippen molar-refractivity contribution >= 4 is 34.4 Å². The highest BCUT2D eigenvalue weighted by Gasteiger charge is 2.18. The van der Waals surface area contributed by atoms with Gasteiger partial charge in [-0.05, 0) is 24.6 Å². The first kappa shape index (κ1) is 22.2. The van der Waals surface area contributed by atoms with Gasteiger partial charge in [0.2, 0.25) is 0 Å². The van der Waals surface area contributed by atoms with E-state index < -0.39 is 29.2 Å². The number of hydrogen-bond acceptors (Lipinski definition) is 8. The summed E-state index contributed by atoms with van der Waals surface area (Å²) in [5.41, 5.74) is 0.768. The van der Waals surface area contributed by atoms with Crippen LogP contribution < -0.4 is 10.7 Å². The molecule has 3 rings (SSSR count). The first-order valence-corrected chi connectivity index (χ1v) is 9.56. The molecule has 0 bridgehead atoms. The third-order valence-corrected chi connectivity index (χ3v) is 4.58. The number of nitro benzene ring substituents is 1. The normalized spacial score (nSPS) is 10.5. The van der Waals surface area contributed by atoms with E-state index in [1.807, 2.05) is 6.07 Å². The van der Waals surface area contributed by atoms with Crippen molar-refractivity contribution in [3.8, 4) is 6.07 Å². The van der Waals surface area contributed by atoms with E-state index in [1.165, 1.54) is 21.6 Å². The van der Waals surface area contributed by atoms with Gasteiger partial charge >= 0.3 is 11.7 Å². The number of nitro groups is 1. The average molecular weight is 438 g/mol. The average Bonchev–Trinajstić information content (AvgIpc) is 3.10. The van der Waals surface area contributed by atoms with Crippen LogP contribution in [0.1, 0.15) is 12.8 Å². The molecule has 0 fully saturated rings. The zero-order valence-electron chi connectivity index (χ0n) is 16.8. The molecule has 0 aliphatic heterocycles. The van der Waals surface area contributed by atoms with Gasteiger partial charge in [-0.25, -0.2) is 4.79 Å². The minimum Gasteiger partial charge on any atom is -0.456 e. The molecule has 3 aromatic rings. The number of non-ortho nitro benzene ring substituents is 1. The van der Waals surface area contributed by atoms with Crippen LogP contribution >= 0.6 is 0 Å². The molecule has 0 aliphatic carbocycles. The summed E-state index contributed by atoms with van der Waals surface area (Å²) in [6.45, 7) is -0.583. The number of oxazole rings is 1. The molecule has 0 N–H and O–H groups in total. The van der Waals surface area contributed by atoms with Crippen molar-refractivity contribution in [3.63, 3.8) is 0 Å². The summed E-state index contributed by atoms with van der Waals surface area (Å²) in [5, 5.41) is 19.8. The Kier molecular flexibility index (Phi) is 6.97. The number of carbonyl (C=O) groups is 2. The number of nitriles is 1. The number of nitrogens with zero attached hydrogens (tertiary/aromatic N) is 4. The van der Waals surface area contributed by atoms with Crippen LogP contribution in [0.25, 0.3) is 11.1 Å². The first-order valence-electron chi connectivity index (χ1n) is 9.56. The van der Waals surface area contributed by atoms with E-state index in [0.717, 1.165) is 6.07 Å². The zero-order valence-corrected chi connectivity index (χ0v) is 16.8. The van der Waals surface area contributed by atoms with Gasteiger partial charge in [0, 0.05) is 24.7 Å². The smallest absolute Gasteiger partial charge is 0.419 e. The number of amides is 1. The maximum Gasteiger partial charge on any atom is 0.419 e. The van der Waals surface area contributed by atoms with E-state index in [9.17, 15) is 24.5 Å². The topological polar surface area (TPSA) is 149 Å². The minimum atomic E-state index is -0.695. The van der Waals surface area contributed by atoms with Gasteiger partial charge in [0.1, 0.15) is 6.54 Å². The van der Waals surface area contributed by atoms with Crippen LogP contribution in [0.4, 0.5) is 11.4 Å². The van der Waals surface area contributed by atoms with Gasteiger partial charge in [0.25, 0.3) is 11.6 Å². The highest BCUT2D eigenvalue weighted by molar-refractivity contribution is 5.95. The first-order chi connectivity index (χ1) is 15.4. The number of esters is 1. The Balaban J connectivity index is 1.54. The van der Waals surface area contributed by atoms with Crippen LogP contribution in [0.15, 0.2) is 57.7 Å². The van der Waals surface area contributed by atoms with Crippen molar-refractivity contribution in [3.05, 3.63) is 69.2 Å². The number of aromatic nitrogens is 1. The van der Waals surface area contributed by atoms with E-state index in [4.69, 9.17) is 14.4 Å². The van der Waals surface area contributed by atoms with Crippen LogP contribution in [0.3, 0.4) is 0 Å². The predicted molar refractivity (Wildman–Crippen MR) is 112 cm³/mol. The second kappa shape index (κ2) is 10.0. The lowest BCUT2D eigenvalue weighted by Crippen LogP contribution is -2.35. The summed E-state index contributed by atoms with van der Waals surface area (Å²) in [6, 6.07) is 14.3. The fourth-order valence-corrected chi connectivity index (χ4v) is 3.06. The number of hydrogen-bond donors (Lipinski definition) is 0. The van der Waals surface area contributed by atoms with Gasteiger partial charge in [-0.2, -0.15) is 5.26 Å². The second-order valence-corrected chi connectivity index (χ2v) is 6.67. The Morgan fingerprint density at radius 2 is 1.97 bits per heavy atom. The molecule has 0 saturated heterocycles. The lowest BCUT2D eigenvalue weighted by molar-refractivity contribution is -0.384. The highest BCUT2D eigenvalue weighted by Crippen LogP contribution is 2.20. The number of rotatable bonds is 9. The Morgan fingerprint density at radius 1 is 1.22 bits per heavy atom. The van der Waals surface area contributed by atoms with Crippen molar-refractivity contribution < 1.29 is 23.7 Å².